The van der Waals surface area contributed by atoms with Gasteiger partial charge in [-0.05, 0) is 31.0 Å². The zero-order valence-electron chi connectivity index (χ0n) is 12.6. The molecule has 0 aliphatic carbocycles. The van der Waals surface area contributed by atoms with Gasteiger partial charge in [-0.2, -0.15) is 4.31 Å². The lowest BCUT2D eigenvalue weighted by Crippen LogP contribution is -2.32. The molecule has 1 rings (SSSR count). The molecule has 0 heterocycles. The summed E-state index contributed by atoms with van der Waals surface area (Å²) in [6, 6.07) is 3.15. The topological polar surface area (TPSA) is 72.6 Å². The second-order valence-corrected chi connectivity index (χ2v) is 6.62. The number of rotatable bonds is 7. The Kier molecular flexibility index (Phi) is 5.83. The van der Waals surface area contributed by atoms with Gasteiger partial charge in [-0.1, -0.05) is 20.3 Å². The summed E-state index contributed by atoms with van der Waals surface area (Å²) >= 11 is 0. The Hall–Kier alpha value is -1.27. The summed E-state index contributed by atoms with van der Waals surface area (Å²) in [5, 5.41) is 0. The van der Waals surface area contributed by atoms with Crippen molar-refractivity contribution in [2.45, 2.75) is 38.5 Å². The quantitative estimate of drug-likeness (QED) is 0.785. The van der Waals surface area contributed by atoms with Gasteiger partial charge >= 0.3 is 0 Å². The number of nitrogen functional groups attached to an aromatic ring is 1. The fourth-order valence-corrected chi connectivity index (χ4v) is 3.62. The summed E-state index contributed by atoms with van der Waals surface area (Å²) in [5.74, 6) is 0.339. The maximum absolute atomic E-state index is 12.7. The summed E-state index contributed by atoms with van der Waals surface area (Å²) in [6.45, 7) is 6.62. The molecule has 0 spiro atoms. The maximum atomic E-state index is 12.7. The average Bonchev–Trinajstić information content (AvgIpc) is 2.41. The maximum Gasteiger partial charge on any atom is 0.246 e. The van der Waals surface area contributed by atoms with Crippen LogP contribution in [0.4, 0.5) is 5.69 Å². The van der Waals surface area contributed by atoms with Gasteiger partial charge in [0.2, 0.25) is 10.0 Å². The number of benzene rings is 1. The third kappa shape index (κ3) is 3.43. The minimum Gasteiger partial charge on any atom is -0.495 e. The molecule has 5 nitrogen and oxygen atoms in total. The van der Waals surface area contributed by atoms with Crippen molar-refractivity contribution in [1.29, 1.82) is 0 Å². The Morgan fingerprint density at radius 1 is 1.30 bits per heavy atom. The number of ether oxygens (including phenoxy) is 1. The molecule has 20 heavy (non-hydrogen) atoms. The molecule has 0 unspecified atom stereocenters. The molecule has 0 amide bonds. The number of nitrogens with zero attached hydrogens (tertiary/aromatic N) is 1. The smallest absolute Gasteiger partial charge is 0.246 e. The van der Waals surface area contributed by atoms with Gasteiger partial charge in [-0.25, -0.2) is 8.42 Å². The summed E-state index contributed by atoms with van der Waals surface area (Å²) in [5.41, 5.74) is 7.10. The number of aryl methyl sites for hydroxylation is 1. The summed E-state index contributed by atoms with van der Waals surface area (Å²) in [6.07, 6.45) is 1.77. The van der Waals surface area contributed by atoms with Gasteiger partial charge in [0, 0.05) is 18.8 Å². The Morgan fingerprint density at radius 2 is 1.95 bits per heavy atom. The first-order valence-corrected chi connectivity index (χ1v) is 8.26. The van der Waals surface area contributed by atoms with Crippen LogP contribution in [-0.4, -0.2) is 32.9 Å². The van der Waals surface area contributed by atoms with Gasteiger partial charge < -0.3 is 10.5 Å². The third-order valence-corrected chi connectivity index (χ3v) is 5.28. The number of sulfonamides is 1. The van der Waals surface area contributed by atoms with Gasteiger partial charge in [-0.3, -0.25) is 0 Å². The van der Waals surface area contributed by atoms with Crippen molar-refractivity contribution in [3.05, 3.63) is 17.7 Å². The lowest BCUT2D eigenvalue weighted by atomic mass is 10.2. The summed E-state index contributed by atoms with van der Waals surface area (Å²) in [7, 11) is -2.11. The highest BCUT2D eigenvalue weighted by molar-refractivity contribution is 7.89. The molecule has 0 bridgehead atoms. The molecule has 0 radical (unpaired) electrons. The zero-order valence-corrected chi connectivity index (χ0v) is 13.5. The summed E-state index contributed by atoms with van der Waals surface area (Å²) < 4.78 is 32.1. The highest BCUT2D eigenvalue weighted by atomic mass is 32.2. The van der Waals surface area contributed by atoms with Crippen LogP contribution in [0.15, 0.2) is 17.0 Å². The zero-order chi connectivity index (χ0) is 15.3. The van der Waals surface area contributed by atoms with Crippen LogP contribution in [0.3, 0.4) is 0 Å². The van der Waals surface area contributed by atoms with E-state index in [0.29, 0.717) is 24.5 Å². The number of hydrogen-bond donors (Lipinski definition) is 1. The van der Waals surface area contributed by atoms with E-state index in [1.807, 2.05) is 20.8 Å². The van der Waals surface area contributed by atoms with E-state index < -0.39 is 10.0 Å². The normalized spacial score (nSPS) is 11.8. The molecule has 0 fully saturated rings. The van der Waals surface area contributed by atoms with Gasteiger partial charge in [0.05, 0.1) is 7.11 Å². The molecule has 2 N–H and O–H groups in total. The highest BCUT2D eigenvalue weighted by Gasteiger charge is 2.27. The largest absolute Gasteiger partial charge is 0.495 e. The first-order valence-electron chi connectivity index (χ1n) is 6.82. The van der Waals surface area contributed by atoms with E-state index in [1.54, 1.807) is 6.07 Å². The molecule has 0 aliphatic rings. The molecule has 0 aliphatic heterocycles. The number of anilines is 1. The van der Waals surface area contributed by atoms with Crippen molar-refractivity contribution >= 4 is 15.7 Å². The van der Waals surface area contributed by atoms with Crippen molar-refractivity contribution in [3.8, 4) is 5.75 Å². The van der Waals surface area contributed by atoms with E-state index in [9.17, 15) is 8.42 Å². The first kappa shape index (κ1) is 16.8. The van der Waals surface area contributed by atoms with Gasteiger partial charge in [0.15, 0.2) is 0 Å². The lowest BCUT2D eigenvalue weighted by Gasteiger charge is -2.22. The van der Waals surface area contributed by atoms with Gasteiger partial charge in [0.1, 0.15) is 10.6 Å². The van der Waals surface area contributed by atoms with E-state index in [0.717, 1.165) is 18.4 Å². The average molecular weight is 300 g/mol. The van der Waals surface area contributed by atoms with E-state index >= 15 is 0 Å². The van der Waals surface area contributed by atoms with Crippen LogP contribution in [0.5, 0.6) is 5.75 Å². The van der Waals surface area contributed by atoms with Gasteiger partial charge in [0.25, 0.3) is 0 Å². The van der Waals surface area contributed by atoms with Crippen molar-refractivity contribution in [1.82, 2.24) is 4.31 Å². The Labute approximate surface area is 121 Å². The van der Waals surface area contributed by atoms with E-state index in [4.69, 9.17) is 10.5 Å². The van der Waals surface area contributed by atoms with E-state index in [-0.39, 0.29) is 4.90 Å². The van der Waals surface area contributed by atoms with Crippen LogP contribution < -0.4 is 10.5 Å². The predicted molar refractivity (Wildman–Crippen MR) is 81.5 cm³/mol. The molecule has 0 saturated heterocycles. The molecule has 114 valence electrons. The predicted octanol–water partition coefficient (Wildman–Crippen LogP) is 2.40. The second kappa shape index (κ2) is 6.95. The highest BCUT2D eigenvalue weighted by Crippen LogP contribution is 2.31. The molecule has 0 saturated carbocycles. The monoisotopic (exact) mass is 300 g/mol. The lowest BCUT2D eigenvalue weighted by molar-refractivity contribution is 0.390. The number of hydrogen-bond acceptors (Lipinski definition) is 4. The fraction of sp³-hybridized carbons (Fsp3) is 0.571. The minimum atomic E-state index is -3.58. The van der Waals surface area contributed by atoms with Crippen LogP contribution in [0.2, 0.25) is 0 Å². The van der Waals surface area contributed by atoms with Crippen LogP contribution in [0, 0.1) is 6.92 Å². The third-order valence-electron chi connectivity index (χ3n) is 3.28. The molecular weight excluding hydrogens is 276 g/mol. The van der Waals surface area contributed by atoms with Crippen LogP contribution in [0.25, 0.3) is 0 Å². The second-order valence-electron chi connectivity index (χ2n) is 4.71. The van der Waals surface area contributed by atoms with E-state index in [1.165, 1.54) is 17.5 Å². The Balaban J connectivity index is 3.29. The fourth-order valence-electron chi connectivity index (χ4n) is 1.96. The van der Waals surface area contributed by atoms with Crippen molar-refractivity contribution < 1.29 is 13.2 Å². The first-order chi connectivity index (χ1) is 9.38. The standard InChI is InChI=1S/C14H24N2O3S/c1-5-7-8-16(6-2)20(17,18)14-10-12(15)11(3)9-13(14)19-4/h9-10H,5-8,15H2,1-4H3. The van der Waals surface area contributed by atoms with Crippen molar-refractivity contribution in [2.24, 2.45) is 0 Å². The molecular formula is C14H24N2O3S. The number of methoxy groups -OCH3 is 1. The van der Waals surface area contributed by atoms with Crippen LogP contribution >= 0.6 is 0 Å². The molecule has 1 aromatic rings. The molecule has 6 heteroatoms. The number of unbranched alkanes of at least 4 members (excludes halogenated alkanes) is 1. The summed E-state index contributed by atoms with van der Waals surface area (Å²) in [4.78, 5) is 0.140. The van der Waals surface area contributed by atoms with Gasteiger partial charge in [-0.15, -0.1) is 0 Å². The SMILES string of the molecule is CCCCN(CC)S(=O)(=O)c1cc(N)c(C)cc1OC. The van der Waals surface area contributed by atoms with Crippen LogP contribution in [-0.2, 0) is 10.0 Å². The Bertz CT molecular complexity index is 556. The Morgan fingerprint density at radius 3 is 2.45 bits per heavy atom. The molecule has 0 atom stereocenters. The molecule has 0 aromatic heterocycles. The van der Waals surface area contributed by atoms with E-state index in [2.05, 4.69) is 0 Å². The minimum absolute atomic E-state index is 0.140. The molecule has 1 aromatic carbocycles. The van der Waals surface area contributed by atoms with Crippen LogP contribution in [0.1, 0.15) is 32.3 Å². The number of nitrogens with two attached hydrogens (primary N) is 1. The van der Waals surface area contributed by atoms with Crippen molar-refractivity contribution in [3.63, 3.8) is 0 Å². The van der Waals surface area contributed by atoms with Crippen molar-refractivity contribution in [2.75, 3.05) is 25.9 Å².